The fourth-order valence-electron chi connectivity index (χ4n) is 1.17. The summed E-state index contributed by atoms with van der Waals surface area (Å²) in [6.07, 6.45) is 1.13. The Morgan fingerprint density at radius 1 is 1.43 bits per heavy atom. The minimum atomic E-state index is 0.251. The number of hydrogen-bond acceptors (Lipinski definition) is 3. The molecule has 0 saturated carbocycles. The van der Waals surface area contributed by atoms with Crippen molar-refractivity contribution >= 4 is 0 Å². The first-order valence-corrected chi connectivity index (χ1v) is 5.32. The van der Waals surface area contributed by atoms with Crippen LogP contribution in [0.4, 0.5) is 0 Å². The number of ether oxygens (including phenoxy) is 1. The standard InChI is InChI=1S/C11H26N2O/c1-10(8-14-5)13(4)7-6-11(2,3)9-12/h10H,6-9,12H2,1-5H3. The zero-order valence-electron chi connectivity index (χ0n) is 10.3. The molecule has 0 spiro atoms. The van der Waals surface area contributed by atoms with Crippen LogP contribution in [0.2, 0.25) is 0 Å². The quantitative estimate of drug-likeness (QED) is 0.677. The Bertz CT molecular complexity index is 148. The molecule has 0 radical (unpaired) electrons. The van der Waals surface area contributed by atoms with Gasteiger partial charge in [-0.05, 0) is 38.9 Å². The van der Waals surface area contributed by atoms with Crippen LogP contribution in [0, 0.1) is 5.41 Å². The van der Waals surface area contributed by atoms with Gasteiger partial charge in [0.1, 0.15) is 0 Å². The van der Waals surface area contributed by atoms with Crippen molar-refractivity contribution in [2.45, 2.75) is 33.2 Å². The highest BCUT2D eigenvalue weighted by molar-refractivity contribution is 4.72. The summed E-state index contributed by atoms with van der Waals surface area (Å²) in [5, 5.41) is 0. The molecule has 0 aliphatic rings. The molecule has 0 rings (SSSR count). The summed E-state index contributed by atoms with van der Waals surface area (Å²) >= 11 is 0. The molecule has 14 heavy (non-hydrogen) atoms. The average molecular weight is 202 g/mol. The van der Waals surface area contributed by atoms with Gasteiger partial charge >= 0.3 is 0 Å². The van der Waals surface area contributed by atoms with Gasteiger partial charge in [0.05, 0.1) is 6.61 Å². The second kappa shape index (κ2) is 6.38. The van der Waals surface area contributed by atoms with Crippen molar-refractivity contribution < 1.29 is 4.74 Å². The van der Waals surface area contributed by atoms with Crippen LogP contribution in [0.5, 0.6) is 0 Å². The Balaban J connectivity index is 3.77. The lowest BCUT2D eigenvalue weighted by molar-refractivity contribution is 0.107. The Morgan fingerprint density at radius 2 is 2.00 bits per heavy atom. The third kappa shape index (κ3) is 5.58. The topological polar surface area (TPSA) is 38.5 Å². The highest BCUT2D eigenvalue weighted by atomic mass is 16.5. The van der Waals surface area contributed by atoms with E-state index in [4.69, 9.17) is 10.5 Å². The van der Waals surface area contributed by atoms with Crippen LogP contribution >= 0.6 is 0 Å². The summed E-state index contributed by atoms with van der Waals surface area (Å²) in [7, 11) is 3.88. The molecule has 0 amide bonds. The lowest BCUT2D eigenvalue weighted by Crippen LogP contribution is -2.36. The third-order valence-corrected chi connectivity index (χ3v) is 2.85. The molecule has 0 saturated heterocycles. The van der Waals surface area contributed by atoms with E-state index in [0.717, 1.165) is 26.1 Å². The van der Waals surface area contributed by atoms with E-state index in [0.29, 0.717) is 6.04 Å². The fraction of sp³-hybridized carbons (Fsp3) is 1.00. The van der Waals surface area contributed by atoms with Crippen molar-refractivity contribution in [3.63, 3.8) is 0 Å². The van der Waals surface area contributed by atoms with E-state index in [1.54, 1.807) is 7.11 Å². The van der Waals surface area contributed by atoms with E-state index in [9.17, 15) is 0 Å². The number of nitrogens with zero attached hydrogens (tertiary/aromatic N) is 1. The summed E-state index contributed by atoms with van der Waals surface area (Å²) in [6, 6.07) is 0.480. The lowest BCUT2D eigenvalue weighted by atomic mass is 9.89. The van der Waals surface area contributed by atoms with E-state index in [1.165, 1.54) is 0 Å². The van der Waals surface area contributed by atoms with Gasteiger partial charge < -0.3 is 15.4 Å². The predicted octanol–water partition coefficient (Wildman–Crippen LogP) is 1.33. The second-order valence-corrected chi connectivity index (χ2v) is 4.90. The van der Waals surface area contributed by atoms with Crippen molar-refractivity contribution in [3.05, 3.63) is 0 Å². The van der Waals surface area contributed by atoms with Gasteiger partial charge in [0.25, 0.3) is 0 Å². The molecule has 1 atom stereocenters. The largest absolute Gasteiger partial charge is 0.383 e. The highest BCUT2D eigenvalue weighted by Crippen LogP contribution is 2.18. The van der Waals surface area contributed by atoms with Crippen molar-refractivity contribution in [1.82, 2.24) is 4.90 Å². The maximum absolute atomic E-state index is 5.68. The van der Waals surface area contributed by atoms with Crippen LogP contribution in [0.3, 0.4) is 0 Å². The molecule has 0 aromatic heterocycles. The molecule has 3 heteroatoms. The molecule has 0 heterocycles. The Labute approximate surface area is 88.6 Å². The van der Waals surface area contributed by atoms with E-state index < -0.39 is 0 Å². The monoisotopic (exact) mass is 202 g/mol. The molecule has 0 aromatic rings. The first-order chi connectivity index (χ1) is 6.43. The van der Waals surface area contributed by atoms with Crippen molar-refractivity contribution in [1.29, 1.82) is 0 Å². The van der Waals surface area contributed by atoms with E-state index in [2.05, 4.69) is 32.7 Å². The van der Waals surface area contributed by atoms with Crippen LogP contribution in [-0.4, -0.2) is 44.8 Å². The summed E-state index contributed by atoms with van der Waals surface area (Å²) in [5.41, 5.74) is 5.94. The summed E-state index contributed by atoms with van der Waals surface area (Å²) in [5.74, 6) is 0. The first kappa shape index (κ1) is 13.9. The van der Waals surface area contributed by atoms with Crippen molar-refractivity contribution in [3.8, 4) is 0 Å². The Morgan fingerprint density at radius 3 is 2.43 bits per heavy atom. The van der Waals surface area contributed by atoms with Crippen molar-refractivity contribution in [2.24, 2.45) is 11.1 Å². The molecule has 0 aromatic carbocycles. The molecule has 0 fully saturated rings. The number of likely N-dealkylation sites (N-methyl/N-ethyl adjacent to an activating group) is 1. The number of methoxy groups -OCH3 is 1. The van der Waals surface area contributed by atoms with Crippen molar-refractivity contribution in [2.75, 3.05) is 33.9 Å². The molecule has 0 aliphatic heterocycles. The summed E-state index contributed by atoms with van der Waals surface area (Å²) in [4.78, 5) is 2.32. The van der Waals surface area contributed by atoms with Gasteiger partial charge in [-0.3, -0.25) is 0 Å². The highest BCUT2D eigenvalue weighted by Gasteiger charge is 2.17. The van der Waals surface area contributed by atoms with Gasteiger partial charge in [0, 0.05) is 13.2 Å². The van der Waals surface area contributed by atoms with Crippen LogP contribution in [0.1, 0.15) is 27.2 Å². The lowest BCUT2D eigenvalue weighted by Gasteiger charge is -2.29. The number of hydrogen-bond donors (Lipinski definition) is 1. The predicted molar refractivity (Wildman–Crippen MR) is 61.4 cm³/mol. The van der Waals surface area contributed by atoms with Gasteiger partial charge in [-0.1, -0.05) is 13.8 Å². The fourth-order valence-corrected chi connectivity index (χ4v) is 1.17. The van der Waals surface area contributed by atoms with Gasteiger partial charge in [0.15, 0.2) is 0 Å². The van der Waals surface area contributed by atoms with E-state index in [1.807, 2.05) is 0 Å². The molecule has 2 N–H and O–H groups in total. The Hall–Kier alpha value is -0.120. The minimum Gasteiger partial charge on any atom is -0.383 e. The minimum absolute atomic E-state index is 0.251. The molecule has 1 unspecified atom stereocenters. The van der Waals surface area contributed by atoms with Gasteiger partial charge in [0.2, 0.25) is 0 Å². The molecule has 3 nitrogen and oxygen atoms in total. The number of rotatable bonds is 7. The zero-order valence-corrected chi connectivity index (χ0v) is 10.3. The molecular formula is C11H26N2O. The molecule has 0 bridgehead atoms. The molecular weight excluding hydrogens is 176 g/mol. The number of nitrogens with two attached hydrogens (primary N) is 1. The first-order valence-electron chi connectivity index (χ1n) is 5.32. The molecule has 86 valence electrons. The Kier molecular flexibility index (Phi) is 6.33. The maximum Gasteiger partial charge on any atom is 0.0615 e. The third-order valence-electron chi connectivity index (χ3n) is 2.85. The van der Waals surface area contributed by atoms with Crippen LogP contribution < -0.4 is 5.73 Å². The van der Waals surface area contributed by atoms with Crippen LogP contribution in [-0.2, 0) is 4.74 Å². The maximum atomic E-state index is 5.68. The van der Waals surface area contributed by atoms with E-state index >= 15 is 0 Å². The van der Waals surface area contributed by atoms with E-state index in [-0.39, 0.29) is 5.41 Å². The van der Waals surface area contributed by atoms with Gasteiger partial charge in [-0.25, -0.2) is 0 Å². The normalized spacial score (nSPS) is 14.8. The van der Waals surface area contributed by atoms with Crippen LogP contribution in [0.15, 0.2) is 0 Å². The smallest absolute Gasteiger partial charge is 0.0615 e. The second-order valence-electron chi connectivity index (χ2n) is 4.90. The summed E-state index contributed by atoms with van der Waals surface area (Å²) < 4.78 is 5.12. The SMILES string of the molecule is COCC(C)N(C)CCC(C)(C)CN. The van der Waals surface area contributed by atoms with Crippen LogP contribution in [0.25, 0.3) is 0 Å². The van der Waals surface area contributed by atoms with Gasteiger partial charge in [-0.2, -0.15) is 0 Å². The van der Waals surface area contributed by atoms with Gasteiger partial charge in [-0.15, -0.1) is 0 Å². The summed E-state index contributed by atoms with van der Waals surface area (Å²) in [6.45, 7) is 9.22. The molecule has 0 aliphatic carbocycles. The average Bonchev–Trinajstić information content (AvgIpc) is 2.15. The zero-order chi connectivity index (χ0) is 11.2.